The fraction of sp³-hybridized carbons (Fsp3) is 0.455. The Morgan fingerprint density at radius 3 is 2.58 bits per heavy atom. The standard InChI is InChI=1S/C22H25NO/c24-19-8-6-16-7-9-22(23-13-17-11-18(17)14-23)21(20(16)12-19)10-15-4-2-1-3-5-15/h1-6,8,12,17-18,21-22,24H,7,9-11,13-14H2/t17-,18+,21?,22?. The lowest BCUT2D eigenvalue weighted by Crippen LogP contribution is -2.42. The number of aromatic hydroxyl groups is 1. The van der Waals surface area contributed by atoms with Crippen molar-refractivity contribution in [3.63, 3.8) is 0 Å². The fourth-order valence-corrected chi connectivity index (χ4v) is 5.12. The van der Waals surface area contributed by atoms with Crippen molar-refractivity contribution in [3.8, 4) is 5.75 Å². The van der Waals surface area contributed by atoms with Gasteiger partial charge in [0.05, 0.1) is 0 Å². The highest BCUT2D eigenvalue weighted by molar-refractivity contribution is 5.41. The normalized spacial score (nSPS) is 31.5. The zero-order chi connectivity index (χ0) is 16.1. The highest BCUT2D eigenvalue weighted by Crippen LogP contribution is 2.48. The summed E-state index contributed by atoms with van der Waals surface area (Å²) in [4.78, 5) is 2.76. The van der Waals surface area contributed by atoms with E-state index in [4.69, 9.17) is 0 Å². The van der Waals surface area contributed by atoms with Crippen LogP contribution in [0.25, 0.3) is 0 Å². The maximum absolute atomic E-state index is 10.1. The van der Waals surface area contributed by atoms with Gasteiger partial charge in [-0.2, -0.15) is 0 Å². The maximum Gasteiger partial charge on any atom is 0.115 e. The van der Waals surface area contributed by atoms with E-state index in [9.17, 15) is 5.11 Å². The summed E-state index contributed by atoms with van der Waals surface area (Å²) in [5.41, 5.74) is 4.23. The first-order valence-corrected chi connectivity index (χ1v) is 9.37. The molecule has 0 bridgehead atoms. The molecule has 1 N–H and O–H groups in total. The van der Waals surface area contributed by atoms with Gasteiger partial charge in [-0.25, -0.2) is 0 Å². The average Bonchev–Trinajstić information content (AvgIpc) is 3.22. The van der Waals surface area contributed by atoms with Crippen LogP contribution in [0.3, 0.4) is 0 Å². The second kappa shape index (κ2) is 5.63. The van der Waals surface area contributed by atoms with Gasteiger partial charge in [-0.15, -0.1) is 0 Å². The smallest absolute Gasteiger partial charge is 0.115 e. The quantitative estimate of drug-likeness (QED) is 0.925. The zero-order valence-corrected chi connectivity index (χ0v) is 14.1. The molecule has 0 spiro atoms. The molecule has 2 aromatic carbocycles. The molecule has 2 aliphatic carbocycles. The molecular weight excluding hydrogens is 294 g/mol. The molecule has 1 saturated carbocycles. The van der Waals surface area contributed by atoms with Gasteiger partial charge in [0.2, 0.25) is 0 Å². The van der Waals surface area contributed by atoms with Crippen molar-refractivity contribution < 1.29 is 5.11 Å². The second-order valence-electron chi connectivity index (χ2n) is 8.00. The van der Waals surface area contributed by atoms with Crippen molar-refractivity contribution >= 4 is 0 Å². The van der Waals surface area contributed by atoms with Crippen LogP contribution in [-0.4, -0.2) is 29.1 Å². The largest absolute Gasteiger partial charge is 0.508 e. The molecule has 0 radical (unpaired) electrons. The minimum atomic E-state index is 0.414. The van der Waals surface area contributed by atoms with E-state index in [1.807, 2.05) is 12.1 Å². The lowest BCUT2D eigenvalue weighted by Gasteiger charge is -2.40. The molecule has 5 rings (SSSR count). The van der Waals surface area contributed by atoms with E-state index < -0.39 is 0 Å². The summed E-state index contributed by atoms with van der Waals surface area (Å²) >= 11 is 0. The van der Waals surface area contributed by atoms with Crippen LogP contribution < -0.4 is 0 Å². The Labute approximate surface area is 144 Å². The van der Waals surface area contributed by atoms with Gasteiger partial charge in [-0.05, 0) is 66.3 Å². The minimum absolute atomic E-state index is 0.414. The third kappa shape index (κ3) is 2.53. The topological polar surface area (TPSA) is 23.5 Å². The molecule has 2 nitrogen and oxygen atoms in total. The van der Waals surface area contributed by atoms with E-state index in [1.165, 1.54) is 42.6 Å². The molecule has 2 aromatic rings. The maximum atomic E-state index is 10.1. The number of nitrogens with zero attached hydrogens (tertiary/aromatic N) is 1. The molecule has 2 heteroatoms. The lowest BCUT2D eigenvalue weighted by atomic mass is 9.75. The number of hydrogen-bond acceptors (Lipinski definition) is 2. The SMILES string of the molecule is Oc1ccc2c(c1)C(Cc1ccccc1)C(N1C[C@H]3C[C@H]3C1)CC2. The van der Waals surface area contributed by atoms with E-state index >= 15 is 0 Å². The van der Waals surface area contributed by atoms with Crippen LogP contribution in [-0.2, 0) is 12.8 Å². The first-order valence-electron chi connectivity index (χ1n) is 9.37. The molecule has 0 amide bonds. The first-order chi connectivity index (χ1) is 11.8. The molecule has 1 saturated heterocycles. The molecule has 124 valence electrons. The number of rotatable bonds is 3. The van der Waals surface area contributed by atoms with Crippen LogP contribution in [0.1, 0.15) is 35.4 Å². The van der Waals surface area contributed by atoms with Crippen molar-refractivity contribution in [3.05, 3.63) is 65.2 Å². The Balaban J connectivity index is 1.49. The van der Waals surface area contributed by atoms with E-state index in [0.29, 0.717) is 17.7 Å². The minimum Gasteiger partial charge on any atom is -0.508 e. The summed E-state index contributed by atoms with van der Waals surface area (Å²) in [6, 6.07) is 17.5. The van der Waals surface area contributed by atoms with Crippen LogP contribution in [0, 0.1) is 11.8 Å². The number of aryl methyl sites for hydroxylation is 1. The fourth-order valence-electron chi connectivity index (χ4n) is 5.12. The molecule has 4 atom stereocenters. The van der Waals surface area contributed by atoms with Crippen LogP contribution in [0.15, 0.2) is 48.5 Å². The van der Waals surface area contributed by atoms with Gasteiger partial charge in [0.1, 0.15) is 5.75 Å². The van der Waals surface area contributed by atoms with Gasteiger partial charge >= 0.3 is 0 Å². The lowest BCUT2D eigenvalue weighted by molar-refractivity contribution is 0.170. The Morgan fingerprint density at radius 1 is 1.00 bits per heavy atom. The van der Waals surface area contributed by atoms with Crippen molar-refractivity contribution in [1.29, 1.82) is 0 Å². The number of fused-ring (bicyclic) bond motifs is 2. The summed E-state index contributed by atoms with van der Waals surface area (Å²) in [5, 5.41) is 10.1. The van der Waals surface area contributed by atoms with Crippen molar-refractivity contribution in [2.75, 3.05) is 13.1 Å². The average molecular weight is 319 g/mol. The van der Waals surface area contributed by atoms with Gasteiger partial charge < -0.3 is 5.11 Å². The number of hydrogen-bond donors (Lipinski definition) is 1. The van der Waals surface area contributed by atoms with E-state index in [1.54, 1.807) is 0 Å². The van der Waals surface area contributed by atoms with Crippen LogP contribution in [0.5, 0.6) is 5.75 Å². The monoisotopic (exact) mass is 319 g/mol. The van der Waals surface area contributed by atoms with Crippen molar-refractivity contribution in [2.45, 2.75) is 37.6 Å². The highest BCUT2D eigenvalue weighted by Gasteiger charge is 2.48. The van der Waals surface area contributed by atoms with Crippen LogP contribution in [0.2, 0.25) is 0 Å². The van der Waals surface area contributed by atoms with Gasteiger partial charge in [-0.3, -0.25) is 4.90 Å². The molecule has 1 aliphatic heterocycles. The summed E-state index contributed by atoms with van der Waals surface area (Å²) in [6.07, 6.45) is 4.95. The number of phenols is 1. The molecule has 3 aliphatic rings. The predicted molar refractivity (Wildman–Crippen MR) is 96.3 cm³/mol. The summed E-state index contributed by atoms with van der Waals surface area (Å²) in [5.74, 6) is 2.87. The van der Waals surface area contributed by atoms with Gasteiger partial charge in [0, 0.05) is 25.0 Å². The zero-order valence-electron chi connectivity index (χ0n) is 14.1. The van der Waals surface area contributed by atoms with Gasteiger partial charge in [0.15, 0.2) is 0 Å². The molecule has 24 heavy (non-hydrogen) atoms. The number of piperidine rings is 1. The van der Waals surface area contributed by atoms with E-state index in [-0.39, 0.29) is 0 Å². The van der Waals surface area contributed by atoms with Gasteiger partial charge in [-0.1, -0.05) is 36.4 Å². The Kier molecular flexibility index (Phi) is 3.41. The Bertz CT molecular complexity index is 731. The highest BCUT2D eigenvalue weighted by atomic mass is 16.3. The summed E-state index contributed by atoms with van der Waals surface area (Å²) in [7, 11) is 0. The van der Waals surface area contributed by atoms with Crippen molar-refractivity contribution in [1.82, 2.24) is 4.90 Å². The van der Waals surface area contributed by atoms with E-state index in [0.717, 1.165) is 24.7 Å². The third-order valence-corrected chi connectivity index (χ3v) is 6.48. The predicted octanol–water partition coefficient (Wildman–Crippen LogP) is 3.99. The first kappa shape index (κ1) is 14.5. The molecule has 2 fully saturated rings. The van der Waals surface area contributed by atoms with Crippen LogP contribution >= 0.6 is 0 Å². The third-order valence-electron chi connectivity index (χ3n) is 6.48. The Morgan fingerprint density at radius 2 is 1.79 bits per heavy atom. The number of likely N-dealkylation sites (tertiary alicyclic amines) is 1. The van der Waals surface area contributed by atoms with Crippen molar-refractivity contribution in [2.24, 2.45) is 11.8 Å². The summed E-state index contributed by atoms with van der Waals surface area (Å²) < 4.78 is 0. The second-order valence-corrected chi connectivity index (χ2v) is 8.00. The summed E-state index contributed by atoms with van der Waals surface area (Å²) in [6.45, 7) is 2.60. The number of benzene rings is 2. The molecular formula is C22H25NO. The van der Waals surface area contributed by atoms with Gasteiger partial charge in [0.25, 0.3) is 0 Å². The van der Waals surface area contributed by atoms with Crippen LogP contribution in [0.4, 0.5) is 0 Å². The van der Waals surface area contributed by atoms with E-state index in [2.05, 4.69) is 41.3 Å². The molecule has 2 unspecified atom stereocenters. The number of phenolic OH excluding ortho intramolecular Hbond substituents is 1. The Hall–Kier alpha value is -1.80. The molecule has 0 aromatic heterocycles. The molecule has 1 heterocycles.